The van der Waals surface area contributed by atoms with Gasteiger partial charge in [-0.3, -0.25) is 0 Å². The van der Waals surface area contributed by atoms with Gasteiger partial charge in [0.15, 0.2) is 0 Å². The van der Waals surface area contributed by atoms with Crippen LogP contribution in [0.3, 0.4) is 0 Å². The van der Waals surface area contributed by atoms with Crippen LogP contribution in [-0.4, -0.2) is 9.55 Å². The molecule has 0 unspecified atom stereocenters. The van der Waals surface area contributed by atoms with Crippen molar-refractivity contribution in [2.75, 3.05) is 0 Å². The van der Waals surface area contributed by atoms with Crippen molar-refractivity contribution in [3.63, 3.8) is 0 Å². The van der Waals surface area contributed by atoms with Crippen molar-refractivity contribution in [3.05, 3.63) is 17.2 Å². The van der Waals surface area contributed by atoms with Crippen LogP contribution in [-0.2, 0) is 13.1 Å². The summed E-state index contributed by atoms with van der Waals surface area (Å²) in [7, 11) is 0. The van der Waals surface area contributed by atoms with Gasteiger partial charge in [-0.05, 0) is 20.8 Å². The van der Waals surface area contributed by atoms with Crippen molar-refractivity contribution in [2.45, 2.75) is 33.9 Å². The van der Waals surface area contributed by atoms with Gasteiger partial charge in [-0.15, -0.1) is 0 Å². The summed E-state index contributed by atoms with van der Waals surface area (Å²) in [6.07, 6.45) is 0. The minimum absolute atomic E-state index is 0.530. The van der Waals surface area contributed by atoms with E-state index in [0.29, 0.717) is 6.54 Å². The van der Waals surface area contributed by atoms with E-state index in [2.05, 4.69) is 23.4 Å². The van der Waals surface area contributed by atoms with E-state index in [9.17, 15) is 0 Å². The fourth-order valence-corrected chi connectivity index (χ4v) is 1.30. The molecule has 0 radical (unpaired) electrons. The van der Waals surface area contributed by atoms with Gasteiger partial charge >= 0.3 is 0 Å². The Bertz CT molecular complexity index is 250. The van der Waals surface area contributed by atoms with Gasteiger partial charge in [0, 0.05) is 12.2 Å². The molecule has 0 bridgehead atoms. The Morgan fingerprint density at radius 2 is 2.09 bits per heavy atom. The summed E-state index contributed by atoms with van der Waals surface area (Å²) in [5.41, 5.74) is 7.84. The molecule has 1 aromatic rings. The molecule has 1 rings (SSSR count). The average molecular weight is 153 g/mol. The fourth-order valence-electron chi connectivity index (χ4n) is 1.30. The highest BCUT2D eigenvalue weighted by Gasteiger charge is 2.06. The van der Waals surface area contributed by atoms with Crippen LogP contribution in [0.2, 0.25) is 0 Å². The maximum Gasteiger partial charge on any atom is 0.122 e. The predicted molar refractivity (Wildman–Crippen MR) is 45.3 cm³/mol. The van der Waals surface area contributed by atoms with Gasteiger partial charge in [0.05, 0.1) is 12.2 Å². The highest BCUT2D eigenvalue weighted by Crippen LogP contribution is 2.08. The number of hydrogen-bond donors (Lipinski definition) is 1. The Balaban J connectivity index is 3.15. The lowest BCUT2D eigenvalue weighted by molar-refractivity contribution is 0.681. The molecular formula is C8H15N3. The zero-order valence-corrected chi connectivity index (χ0v) is 7.39. The molecule has 0 saturated heterocycles. The van der Waals surface area contributed by atoms with Gasteiger partial charge in [-0.1, -0.05) is 0 Å². The lowest BCUT2D eigenvalue weighted by atomic mass is 10.4. The zero-order valence-electron chi connectivity index (χ0n) is 7.39. The van der Waals surface area contributed by atoms with Crippen LogP contribution >= 0.6 is 0 Å². The summed E-state index contributed by atoms with van der Waals surface area (Å²) < 4.78 is 2.15. The standard InChI is InChI=1S/C8H15N3/c1-4-11-7(3)6(2)10-8(11)5-9/h4-5,9H2,1-3H3. The summed E-state index contributed by atoms with van der Waals surface area (Å²) >= 11 is 0. The van der Waals surface area contributed by atoms with E-state index in [1.165, 1.54) is 5.69 Å². The van der Waals surface area contributed by atoms with E-state index in [1.807, 2.05) is 6.92 Å². The Hall–Kier alpha value is -0.830. The van der Waals surface area contributed by atoms with Crippen molar-refractivity contribution in [3.8, 4) is 0 Å². The number of nitrogens with two attached hydrogens (primary N) is 1. The van der Waals surface area contributed by atoms with Crippen LogP contribution in [0, 0.1) is 13.8 Å². The summed E-state index contributed by atoms with van der Waals surface area (Å²) in [5, 5.41) is 0. The molecule has 62 valence electrons. The maximum absolute atomic E-state index is 5.53. The molecule has 0 atom stereocenters. The molecule has 11 heavy (non-hydrogen) atoms. The minimum atomic E-state index is 0.530. The lowest BCUT2D eigenvalue weighted by Gasteiger charge is -2.03. The van der Waals surface area contributed by atoms with E-state index < -0.39 is 0 Å². The van der Waals surface area contributed by atoms with E-state index in [4.69, 9.17) is 5.73 Å². The highest BCUT2D eigenvalue weighted by molar-refractivity contribution is 5.13. The third-order valence-electron chi connectivity index (χ3n) is 2.04. The summed E-state index contributed by atoms with van der Waals surface area (Å²) in [4.78, 5) is 4.34. The molecule has 0 fully saturated rings. The Kier molecular flexibility index (Phi) is 2.29. The van der Waals surface area contributed by atoms with Crippen LogP contribution < -0.4 is 5.73 Å². The third kappa shape index (κ3) is 1.28. The monoisotopic (exact) mass is 153 g/mol. The number of aromatic nitrogens is 2. The first kappa shape index (κ1) is 8.27. The van der Waals surface area contributed by atoms with Gasteiger partial charge < -0.3 is 10.3 Å². The Morgan fingerprint density at radius 1 is 1.45 bits per heavy atom. The van der Waals surface area contributed by atoms with Crippen molar-refractivity contribution >= 4 is 0 Å². The molecule has 3 heteroatoms. The van der Waals surface area contributed by atoms with Crippen LogP contribution in [0.4, 0.5) is 0 Å². The van der Waals surface area contributed by atoms with Crippen LogP contribution in [0.1, 0.15) is 24.1 Å². The number of nitrogens with zero attached hydrogens (tertiary/aromatic N) is 2. The molecule has 1 aromatic heterocycles. The van der Waals surface area contributed by atoms with Crippen molar-refractivity contribution in [1.29, 1.82) is 0 Å². The lowest BCUT2D eigenvalue weighted by Crippen LogP contribution is -2.08. The molecule has 0 aliphatic carbocycles. The van der Waals surface area contributed by atoms with Crippen LogP contribution in [0.15, 0.2) is 0 Å². The fraction of sp³-hybridized carbons (Fsp3) is 0.625. The first-order valence-corrected chi connectivity index (χ1v) is 3.93. The zero-order chi connectivity index (χ0) is 8.43. The van der Waals surface area contributed by atoms with E-state index in [0.717, 1.165) is 18.1 Å². The average Bonchev–Trinajstić information content (AvgIpc) is 2.28. The van der Waals surface area contributed by atoms with Crippen molar-refractivity contribution < 1.29 is 0 Å². The topological polar surface area (TPSA) is 43.8 Å². The van der Waals surface area contributed by atoms with Gasteiger partial charge in [0.2, 0.25) is 0 Å². The number of imidazole rings is 1. The quantitative estimate of drug-likeness (QED) is 0.688. The molecule has 0 amide bonds. The molecule has 0 aliphatic rings. The summed E-state index contributed by atoms with van der Waals surface area (Å²) in [6.45, 7) is 7.68. The first-order chi connectivity index (χ1) is 5.20. The second-order valence-electron chi connectivity index (χ2n) is 2.65. The summed E-state index contributed by atoms with van der Waals surface area (Å²) in [6, 6.07) is 0. The normalized spacial score (nSPS) is 10.5. The molecule has 0 aliphatic heterocycles. The molecule has 1 heterocycles. The smallest absolute Gasteiger partial charge is 0.122 e. The van der Waals surface area contributed by atoms with Crippen LogP contribution in [0.5, 0.6) is 0 Å². The molecule has 0 aromatic carbocycles. The molecule has 2 N–H and O–H groups in total. The molecular weight excluding hydrogens is 138 g/mol. The van der Waals surface area contributed by atoms with Gasteiger partial charge in [0.25, 0.3) is 0 Å². The second-order valence-corrected chi connectivity index (χ2v) is 2.65. The number of hydrogen-bond acceptors (Lipinski definition) is 2. The molecule has 0 spiro atoms. The highest BCUT2D eigenvalue weighted by atomic mass is 15.1. The molecule has 0 saturated carbocycles. The predicted octanol–water partition coefficient (Wildman–Crippen LogP) is 0.979. The third-order valence-corrected chi connectivity index (χ3v) is 2.04. The van der Waals surface area contributed by atoms with E-state index >= 15 is 0 Å². The Morgan fingerprint density at radius 3 is 2.45 bits per heavy atom. The van der Waals surface area contributed by atoms with Gasteiger partial charge in [0.1, 0.15) is 5.82 Å². The van der Waals surface area contributed by atoms with E-state index in [1.54, 1.807) is 0 Å². The van der Waals surface area contributed by atoms with E-state index in [-0.39, 0.29) is 0 Å². The number of rotatable bonds is 2. The second kappa shape index (κ2) is 3.05. The first-order valence-electron chi connectivity index (χ1n) is 3.93. The van der Waals surface area contributed by atoms with Crippen LogP contribution in [0.25, 0.3) is 0 Å². The van der Waals surface area contributed by atoms with Crippen molar-refractivity contribution in [1.82, 2.24) is 9.55 Å². The van der Waals surface area contributed by atoms with Gasteiger partial charge in [-0.25, -0.2) is 4.98 Å². The largest absolute Gasteiger partial charge is 0.331 e. The summed E-state index contributed by atoms with van der Waals surface area (Å²) in [5.74, 6) is 0.988. The maximum atomic E-state index is 5.53. The van der Waals surface area contributed by atoms with Gasteiger partial charge in [-0.2, -0.15) is 0 Å². The number of aryl methyl sites for hydroxylation is 1. The Labute approximate surface area is 67.2 Å². The molecule has 3 nitrogen and oxygen atoms in total. The minimum Gasteiger partial charge on any atom is -0.331 e. The van der Waals surface area contributed by atoms with Crippen molar-refractivity contribution in [2.24, 2.45) is 5.73 Å². The SMILES string of the molecule is CCn1c(CN)nc(C)c1C.